The minimum Gasteiger partial charge on any atom is -0.494 e. The van der Waals surface area contributed by atoms with Gasteiger partial charge in [0.05, 0.1) is 6.61 Å². The van der Waals surface area contributed by atoms with Gasteiger partial charge in [-0.2, -0.15) is 0 Å². The van der Waals surface area contributed by atoms with Crippen LogP contribution >= 0.6 is 0 Å². The van der Waals surface area contributed by atoms with Gasteiger partial charge < -0.3 is 16.2 Å². The minimum atomic E-state index is 0.0681. The molecule has 0 aliphatic rings. The van der Waals surface area contributed by atoms with E-state index in [9.17, 15) is 0 Å². The van der Waals surface area contributed by atoms with E-state index in [1.54, 1.807) is 24.3 Å². The van der Waals surface area contributed by atoms with E-state index in [-0.39, 0.29) is 5.84 Å². The Labute approximate surface area is 83.4 Å². The first kappa shape index (κ1) is 10.5. The lowest BCUT2D eigenvalue weighted by Gasteiger charge is -2.05. The number of ether oxygens (including phenoxy) is 1. The van der Waals surface area contributed by atoms with Crippen LogP contribution in [0.2, 0.25) is 0 Å². The standard InChI is InChI=1S/C10H15N3O/c11-6-1-7-14-9-4-2-8(3-5-9)10(12)13/h2-5H,1,6-7,11H2,(H3,12,13). The van der Waals surface area contributed by atoms with Crippen molar-refractivity contribution in [2.24, 2.45) is 11.5 Å². The van der Waals surface area contributed by atoms with Crippen LogP contribution in [-0.2, 0) is 0 Å². The Balaban J connectivity index is 2.51. The Morgan fingerprint density at radius 2 is 1.93 bits per heavy atom. The maximum Gasteiger partial charge on any atom is 0.122 e. The molecule has 0 saturated carbocycles. The molecular weight excluding hydrogens is 178 g/mol. The van der Waals surface area contributed by atoms with Crippen LogP contribution in [-0.4, -0.2) is 19.0 Å². The SMILES string of the molecule is N=C(N)c1ccc(OCCCN)cc1. The number of benzene rings is 1. The number of nitrogens with one attached hydrogen (secondary N) is 1. The zero-order valence-corrected chi connectivity index (χ0v) is 7.99. The Kier molecular flexibility index (Phi) is 3.94. The summed E-state index contributed by atoms with van der Waals surface area (Å²) in [7, 11) is 0. The van der Waals surface area contributed by atoms with Crippen LogP contribution in [0.3, 0.4) is 0 Å². The van der Waals surface area contributed by atoms with Gasteiger partial charge in [-0.15, -0.1) is 0 Å². The van der Waals surface area contributed by atoms with Gasteiger partial charge in [0, 0.05) is 5.56 Å². The fraction of sp³-hybridized carbons (Fsp3) is 0.300. The van der Waals surface area contributed by atoms with Crippen molar-refractivity contribution in [2.75, 3.05) is 13.2 Å². The maximum atomic E-state index is 7.19. The van der Waals surface area contributed by atoms with Crippen LogP contribution in [0.15, 0.2) is 24.3 Å². The summed E-state index contributed by atoms with van der Waals surface area (Å²) in [6.45, 7) is 1.25. The molecule has 5 N–H and O–H groups in total. The van der Waals surface area contributed by atoms with Crippen molar-refractivity contribution in [3.8, 4) is 5.75 Å². The van der Waals surface area contributed by atoms with Crippen LogP contribution in [0.5, 0.6) is 5.75 Å². The number of rotatable bonds is 5. The molecule has 0 radical (unpaired) electrons. The topological polar surface area (TPSA) is 85.1 Å². The first-order chi connectivity index (χ1) is 6.74. The molecule has 0 heterocycles. The predicted molar refractivity (Wildman–Crippen MR) is 56.6 cm³/mol. The maximum absolute atomic E-state index is 7.19. The van der Waals surface area contributed by atoms with E-state index in [0.29, 0.717) is 18.7 Å². The van der Waals surface area contributed by atoms with Gasteiger partial charge in [0.15, 0.2) is 0 Å². The molecule has 4 heteroatoms. The summed E-state index contributed by atoms with van der Waals surface area (Å²) in [6, 6.07) is 7.13. The second-order valence-corrected chi connectivity index (χ2v) is 2.93. The first-order valence-electron chi connectivity index (χ1n) is 4.51. The summed E-state index contributed by atoms with van der Waals surface area (Å²) < 4.78 is 5.39. The number of nitrogens with two attached hydrogens (primary N) is 2. The Hall–Kier alpha value is -1.55. The van der Waals surface area contributed by atoms with Gasteiger partial charge in [-0.3, -0.25) is 5.41 Å². The van der Waals surface area contributed by atoms with Crippen LogP contribution in [0.25, 0.3) is 0 Å². The highest BCUT2D eigenvalue weighted by molar-refractivity contribution is 5.94. The summed E-state index contributed by atoms with van der Waals surface area (Å²) in [5.74, 6) is 0.849. The summed E-state index contributed by atoms with van der Waals surface area (Å²) in [5, 5.41) is 7.19. The van der Waals surface area contributed by atoms with E-state index in [0.717, 1.165) is 12.2 Å². The predicted octanol–water partition coefficient (Wildman–Crippen LogP) is 0.698. The summed E-state index contributed by atoms with van der Waals surface area (Å²) >= 11 is 0. The quantitative estimate of drug-likeness (QED) is 0.365. The molecule has 0 bridgehead atoms. The lowest BCUT2D eigenvalue weighted by molar-refractivity contribution is 0.313. The van der Waals surface area contributed by atoms with E-state index < -0.39 is 0 Å². The van der Waals surface area contributed by atoms with Gasteiger partial charge >= 0.3 is 0 Å². The minimum absolute atomic E-state index is 0.0681. The molecule has 0 aromatic heterocycles. The zero-order valence-electron chi connectivity index (χ0n) is 7.99. The van der Waals surface area contributed by atoms with Crippen molar-refractivity contribution in [3.05, 3.63) is 29.8 Å². The third-order valence-corrected chi connectivity index (χ3v) is 1.78. The lowest BCUT2D eigenvalue weighted by Crippen LogP contribution is -2.10. The number of nitrogen functional groups attached to an aromatic ring is 1. The lowest BCUT2D eigenvalue weighted by atomic mass is 10.2. The van der Waals surface area contributed by atoms with Crippen molar-refractivity contribution in [1.29, 1.82) is 5.41 Å². The van der Waals surface area contributed by atoms with Crippen molar-refractivity contribution >= 4 is 5.84 Å². The van der Waals surface area contributed by atoms with Crippen LogP contribution in [0.1, 0.15) is 12.0 Å². The smallest absolute Gasteiger partial charge is 0.122 e. The highest BCUT2D eigenvalue weighted by Crippen LogP contribution is 2.11. The van der Waals surface area contributed by atoms with E-state index in [1.165, 1.54) is 0 Å². The number of hydrogen-bond acceptors (Lipinski definition) is 3. The fourth-order valence-electron chi connectivity index (χ4n) is 1.00. The molecule has 1 rings (SSSR count). The van der Waals surface area contributed by atoms with E-state index in [4.69, 9.17) is 21.6 Å². The molecule has 0 spiro atoms. The molecule has 0 fully saturated rings. The molecule has 1 aromatic carbocycles. The van der Waals surface area contributed by atoms with E-state index >= 15 is 0 Å². The Morgan fingerprint density at radius 1 is 1.29 bits per heavy atom. The molecule has 0 amide bonds. The van der Waals surface area contributed by atoms with Gasteiger partial charge in [-0.05, 0) is 37.2 Å². The summed E-state index contributed by atoms with van der Waals surface area (Å²) in [4.78, 5) is 0. The van der Waals surface area contributed by atoms with Gasteiger partial charge in [-0.1, -0.05) is 0 Å². The molecule has 0 atom stereocenters. The van der Waals surface area contributed by atoms with Crippen molar-refractivity contribution in [2.45, 2.75) is 6.42 Å². The third-order valence-electron chi connectivity index (χ3n) is 1.78. The third kappa shape index (κ3) is 3.06. The molecule has 0 saturated heterocycles. The second-order valence-electron chi connectivity index (χ2n) is 2.93. The number of hydrogen-bond donors (Lipinski definition) is 3. The molecular formula is C10H15N3O. The summed E-state index contributed by atoms with van der Waals surface area (Å²) in [6.07, 6.45) is 0.842. The molecule has 76 valence electrons. The van der Waals surface area contributed by atoms with Crippen molar-refractivity contribution in [1.82, 2.24) is 0 Å². The fourth-order valence-corrected chi connectivity index (χ4v) is 1.00. The van der Waals surface area contributed by atoms with Gasteiger partial charge in [0.1, 0.15) is 11.6 Å². The molecule has 0 aliphatic heterocycles. The molecule has 1 aromatic rings. The van der Waals surface area contributed by atoms with Crippen molar-refractivity contribution < 1.29 is 4.74 Å². The van der Waals surface area contributed by atoms with E-state index in [1.807, 2.05) is 0 Å². The molecule has 14 heavy (non-hydrogen) atoms. The van der Waals surface area contributed by atoms with Crippen LogP contribution in [0, 0.1) is 5.41 Å². The average Bonchev–Trinajstić information content (AvgIpc) is 2.19. The first-order valence-corrected chi connectivity index (χ1v) is 4.51. The van der Waals surface area contributed by atoms with E-state index in [2.05, 4.69) is 0 Å². The Morgan fingerprint density at radius 3 is 2.43 bits per heavy atom. The van der Waals surface area contributed by atoms with Gasteiger partial charge in [0.2, 0.25) is 0 Å². The largest absolute Gasteiger partial charge is 0.494 e. The van der Waals surface area contributed by atoms with Gasteiger partial charge in [-0.25, -0.2) is 0 Å². The molecule has 0 aliphatic carbocycles. The van der Waals surface area contributed by atoms with Crippen molar-refractivity contribution in [3.63, 3.8) is 0 Å². The monoisotopic (exact) mass is 193 g/mol. The highest BCUT2D eigenvalue weighted by atomic mass is 16.5. The zero-order chi connectivity index (χ0) is 10.4. The molecule has 4 nitrogen and oxygen atoms in total. The molecule has 0 unspecified atom stereocenters. The van der Waals surface area contributed by atoms with Crippen LogP contribution in [0.4, 0.5) is 0 Å². The number of amidine groups is 1. The second kappa shape index (κ2) is 5.24. The normalized spacial score (nSPS) is 9.79. The highest BCUT2D eigenvalue weighted by Gasteiger charge is 1.96. The van der Waals surface area contributed by atoms with Crippen LogP contribution < -0.4 is 16.2 Å². The average molecular weight is 193 g/mol. The van der Waals surface area contributed by atoms with Gasteiger partial charge in [0.25, 0.3) is 0 Å². The summed E-state index contributed by atoms with van der Waals surface area (Å²) in [5.41, 5.74) is 11.3. The Bertz CT molecular complexity index is 295.